The molecule has 0 bridgehead atoms. The molecular formula is C18H13BrF2O4. The van der Waals surface area contributed by atoms with Crippen molar-refractivity contribution in [3.8, 4) is 5.75 Å². The van der Waals surface area contributed by atoms with Gasteiger partial charge in [-0.3, -0.25) is 4.79 Å². The topological polar surface area (TPSA) is 52.6 Å². The maximum atomic E-state index is 12.4. The van der Waals surface area contributed by atoms with Crippen molar-refractivity contribution in [2.24, 2.45) is 0 Å². The summed E-state index contributed by atoms with van der Waals surface area (Å²) in [5, 5.41) is 0. The summed E-state index contributed by atoms with van der Waals surface area (Å²) in [6, 6.07) is 12.8. The Kier molecular flexibility index (Phi) is 6.82. The van der Waals surface area contributed by atoms with Gasteiger partial charge in [0.1, 0.15) is 5.75 Å². The molecule has 0 aliphatic carbocycles. The number of Topliss-reactive ketones (excluding diaryl/α,β-unsaturated/α-hetero) is 1. The number of benzene rings is 2. The molecule has 0 aliphatic heterocycles. The van der Waals surface area contributed by atoms with Crippen LogP contribution in [0.25, 0.3) is 6.08 Å². The summed E-state index contributed by atoms with van der Waals surface area (Å²) in [6.45, 7) is -3.39. The van der Waals surface area contributed by atoms with Crippen LogP contribution in [0.2, 0.25) is 0 Å². The number of carbonyl (C=O) groups excluding carboxylic acids is 2. The van der Waals surface area contributed by atoms with Gasteiger partial charge in [-0.2, -0.15) is 8.78 Å². The molecule has 0 amide bonds. The predicted octanol–water partition coefficient (Wildman–Crippen LogP) is 4.49. The molecule has 130 valence electrons. The number of alkyl halides is 2. The number of ether oxygens (including phenoxy) is 2. The number of esters is 1. The van der Waals surface area contributed by atoms with Gasteiger partial charge >= 0.3 is 12.6 Å². The van der Waals surface area contributed by atoms with E-state index in [-0.39, 0.29) is 17.1 Å². The SMILES string of the molecule is O=C(/C=C/c1cc(Br)ccc1OC(F)F)OCC(=O)c1ccccc1. The zero-order valence-electron chi connectivity index (χ0n) is 12.8. The summed E-state index contributed by atoms with van der Waals surface area (Å²) in [4.78, 5) is 23.5. The second-order valence-corrected chi connectivity index (χ2v) is 5.71. The van der Waals surface area contributed by atoms with Crippen LogP contribution in [0.3, 0.4) is 0 Å². The first-order valence-electron chi connectivity index (χ1n) is 7.13. The third kappa shape index (κ3) is 6.11. The van der Waals surface area contributed by atoms with Crippen molar-refractivity contribution < 1.29 is 27.8 Å². The molecule has 2 aromatic rings. The van der Waals surface area contributed by atoms with E-state index < -0.39 is 19.2 Å². The fourth-order valence-electron chi connectivity index (χ4n) is 1.90. The first-order chi connectivity index (χ1) is 12.0. The Bertz CT molecular complexity index is 776. The molecule has 2 aromatic carbocycles. The van der Waals surface area contributed by atoms with Gasteiger partial charge in [0.15, 0.2) is 12.4 Å². The van der Waals surface area contributed by atoms with Crippen molar-refractivity contribution in [1.29, 1.82) is 0 Å². The molecule has 4 nitrogen and oxygen atoms in total. The van der Waals surface area contributed by atoms with E-state index in [0.29, 0.717) is 10.0 Å². The van der Waals surface area contributed by atoms with Gasteiger partial charge in [-0.05, 0) is 24.3 Å². The van der Waals surface area contributed by atoms with Crippen LogP contribution in [0.4, 0.5) is 8.78 Å². The number of ketones is 1. The van der Waals surface area contributed by atoms with Crippen molar-refractivity contribution >= 4 is 33.8 Å². The summed E-state index contributed by atoms with van der Waals surface area (Å²) in [7, 11) is 0. The number of carbonyl (C=O) groups is 2. The molecule has 0 spiro atoms. The Morgan fingerprint density at radius 2 is 1.84 bits per heavy atom. The van der Waals surface area contributed by atoms with E-state index in [1.807, 2.05) is 0 Å². The molecule has 0 fully saturated rings. The number of hydrogen-bond acceptors (Lipinski definition) is 4. The lowest BCUT2D eigenvalue weighted by atomic mass is 10.1. The second-order valence-electron chi connectivity index (χ2n) is 4.79. The molecule has 0 saturated carbocycles. The summed E-state index contributed by atoms with van der Waals surface area (Å²) in [5.74, 6) is -1.19. The average molecular weight is 411 g/mol. The summed E-state index contributed by atoms with van der Waals surface area (Å²) in [5.41, 5.74) is 0.694. The first-order valence-corrected chi connectivity index (χ1v) is 7.92. The lowest BCUT2D eigenvalue weighted by Gasteiger charge is -2.08. The van der Waals surface area contributed by atoms with Gasteiger partial charge in [-0.1, -0.05) is 46.3 Å². The molecule has 0 heterocycles. The van der Waals surface area contributed by atoms with E-state index in [1.54, 1.807) is 30.3 Å². The molecule has 0 aliphatic rings. The normalized spacial score (nSPS) is 10.9. The zero-order chi connectivity index (χ0) is 18.2. The fraction of sp³-hybridized carbons (Fsp3) is 0.111. The van der Waals surface area contributed by atoms with Crippen molar-refractivity contribution in [1.82, 2.24) is 0 Å². The standard InChI is InChI=1S/C18H13BrF2O4/c19-14-7-8-16(25-18(20)21)13(10-14)6-9-17(23)24-11-15(22)12-4-2-1-3-5-12/h1-10,18H,11H2/b9-6+. The highest BCUT2D eigenvalue weighted by atomic mass is 79.9. The third-order valence-electron chi connectivity index (χ3n) is 3.03. The quantitative estimate of drug-likeness (QED) is 0.383. The van der Waals surface area contributed by atoms with Gasteiger partial charge in [0.05, 0.1) is 0 Å². The Balaban J connectivity index is 1.98. The minimum atomic E-state index is -2.98. The van der Waals surface area contributed by atoms with E-state index in [9.17, 15) is 18.4 Å². The third-order valence-corrected chi connectivity index (χ3v) is 3.52. The molecule has 0 unspecified atom stereocenters. The van der Waals surface area contributed by atoms with E-state index in [0.717, 1.165) is 6.08 Å². The van der Waals surface area contributed by atoms with Crippen LogP contribution < -0.4 is 4.74 Å². The van der Waals surface area contributed by atoms with Crippen molar-refractivity contribution in [3.63, 3.8) is 0 Å². The van der Waals surface area contributed by atoms with Crippen LogP contribution >= 0.6 is 15.9 Å². The van der Waals surface area contributed by atoms with Crippen LogP contribution in [-0.4, -0.2) is 25.0 Å². The van der Waals surface area contributed by atoms with Crippen LogP contribution in [0.5, 0.6) is 5.75 Å². The minimum Gasteiger partial charge on any atom is -0.454 e. The van der Waals surface area contributed by atoms with Gasteiger partial charge < -0.3 is 9.47 Å². The first kappa shape index (κ1) is 18.8. The van der Waals surface area contributed by atoms with Crippen LogP contribution in [0.1, 0.15) is 15.9 Å². The minimum absolute atomic E-state index is 0.0809. The van der Waals surface area contributed by atoms with Crippen LogP contribution in [-0.2, 0) is 9.53 Å². The Hall–Kier alpha value is -2.54. The molecule has 7 heteroatoms. The molecule has 0 atom stereocenters. The molecule has 25 heavy (non-hydrogen) atoms. The van der Waals surface area contributed by atoms with Gasteiger partial charge in [0.2, 0.25) is 0 Å². The Morgan fingerprint density at radius 1 is 1.12 bits per heavy atom. The maximum Gasteiger partial charge on any atom is 0.387 e. The van der Waals surface area contributed by atoms with Gasteiger partial charge in [-0.25, -0.2) is 4.79 Å². The maximum absolute atomic E-state index is 12.4. The summed E-state index contributed by atoms with van der Waals surface area (Å²) >= 11 is 3.21. The Morgan fingerprint density at radius 3 is 2.52 bits per heavy atom. The monoisotopic (exact) mass is 410 g/mol. The molecule has 0 saturated heterocycles. The van der Waals surface area contributed by atoms with Crippen molar-refractivity contribution in [3.05, 3.63) is 70.2 Å². The fourth-order valence-corrected chi connectivity index (χ4v) is 2.28. The largest absolute Gasteiger partial charge is 0.454 e. The second kappa shape index (κ2) is 9.08. The highest BCUT2D eigenvalue weighted by Crippen LogP contribution is 2.26. The van der Waals surface area contributed by atoms with Crippen molar-refractivity contribution in [2.75, 3.05) is 6.61 Å². The average Bonchev–Trinajstić information content (AvgIpc) is 2.60. The zero-order valence-corrected chi connectivity index (χ0v) is 14.4. The molecule has 0 aromatic heterocycles. The summed E-state index contributed by atoms with van der Waals surface area (Å²) < 4.78 is 34.6. The highest BCUT2D eigenvalue weighted by molar-refractivity contribution is 9.10. The predicted molar refractivity (Wildman–Crippen MR) is 91.5 cm³/mol. The molecule has 0 radical (unpaired) electrons. The smallest absolute Gasteiger partial charge is 0.387 e. The van der Waals surface area contributed by atoms with Crippen LogP contribution in [0.15, 0.2) is 59.1 Å². The van der Waals surface area contributed by atoms with Crippen molar-refractivity contribution in [2.45, 2.75) is 6.61 Å². The molecule has 0 N–H and O–H groups in total. The van der Waals surface area contributed by atoms with E-state index in [2.05, 4.69) is 20.7 Å². The number of halogens is 3. The van der Waals surface area contributed by atoms with E-state index >= 15 is 0 Å². The lowest BCUT2D eigenvalue weighted by Crippen LogP contribution is -2.12. The lowest BCUT2D eigenvalue weighted by molar-refractivity contribution is -0.136. The number of rotatable bonds is 7. The van der Waals surface area contributed by atoms with E-state index in [4.69, 9.17) is 4.74 Å². The van der Waals surface area contributed by atoms with Crippen LogP contribution in [0, 0.1) is 0 Å². The van der Waals surface area contributed by atoms with Gasteiger partial charge in [0, 0.05) is 21.7 Å². The summed E-state index contributed by atoms with van der Waals surface area (Å²) in [6.07, 6.45) is 2.32. The molecular weight excluding hydrogens is 398 g/mol. The molecule has 2 rings (SSSR count). The van der Waals surface area contributed by atoms with Gasteiger partial charge in [-0.15, -0.1) is 0 Å². The Labute approximate surface area is 151 Å². The number of hydrogen-bond donors (Lipinski definition) is 0. The van der Waals surface area contributed by atoms with E-state index in [1.165, 1.54) is 24.3 Å². The van der Waals surface area contributed by atoms with Gasteiger partial charge in [0.25, 0.3) is 0 Å². The highest BCUT2D eigenvalue weighted by Gasteiger charge is 2.10.